The molecule has 7 nitrogen and oxygen atoms in total. The molecule has 0 saturated heterocycles. The SMILES string of the molecule is CCOc1ccc2nc(Cl)c([C@@H]3C=C(c4ccco4)NN3S(C)(=O)=O)cc2c1. The van der Waals surface area contributed by atoms with E-state index in [4.69, 9.17) is 20.8 Å². The number of nitrogens with one attached hydrogen (secondary N) is 1. The average molecular weight is 420 g/mol. The lowest BCUT2D eigenvalue weighted by Crippen LogP contribution is -2.38. The van der Waals surface area contributed by atoms with Gasteiger partial charge in [0.1, 0.15) is 10.9 Å². The Bertz CT molecular complexity index is 1160. The van der Waals surface area contributed by atoms with Gasteiger partial charge >= 0.3 is 0 Å². The normalized spacial score (nSPS) is 17.5. The van der Waals surface area contributed by atoms with E-state index in [1.165, 1.54) is 6.26 Å². The largest absolute Gasteiger partial charge is 0.494 e. The molecule has 0 unspecified atom stereocenters. The van der Waals surface area contributed by atoms with E-state index < -0.39 is 16.1 Å². The van der Waals surface area contributed by atoms with E-state index in [9.17, 15) is 8.42 Å². The molecular formula is C19H18ClN3O4S. The lowest BCUT2D eigenvalue weighted by molar-refractivity contribution is 0.340. The van der Waals surface area contributed by atoms with Crippen LogP contribution < -0.4 is 10.2 Å². The van der Waals surface area contributed by atoms with Gasteiger partial charge in [-0.25, -0.2) is 13.4 Å². The Balaban J connectivity index is 1.84. The zero-order chi connectivity index (χ0) is 19.9. The molecule has 1 aromatic carbocycles. The summed E-state index contributed by atoms with van der Waals surface area (Å²) in [4.78, 5) is 4.43. The third kappa shape index (κ3) is 3.46. The maximum Gasteiger partial charge on any atom is 0.228 e. The second-order valence-corrected chi connectivity index (χ2v) is 8.55. The summed E-state index contributed by atoms with van der Waals surface area (Å²) in [5.41, 5.74) is 4.69. The Morgan fingerprint density at radius 3 is 2.82 bits per heavy atom. The quantitative estimate of drug-likeness (QED) is 0.634. The molecule has 3 heterocycles. The number of benzene rings is 1. The number of fused-ring (bicyclic) bond motifs is 1. The van der Waals surface area contributed by atoms with E-state index in [1.807, 2.05) is 31.2 Å². The molecule has 0 radical (unpaired) electrons. The van der Waals surface area contributed by atoms with Gasteiger partial charge in [0.15, 0.2) is 5.76 Å². The van der Waals surface area contributed by atoms with Gasteiger partial charge in [0.05, 0.1) is 36.4 Å². The molecular weight excluding hydrogens is 402 g/mol. The van der Waals surface area contributed by atoms with Gasteiger partial charge in [-0.1, -0.05) is 11.6 Å². The predicted molar refractivity (Wildman–Crippen MR) is 107 cm³/mol. The van der Waals surface area contributed by atoms with Crippen molar-refractivity contribution in [2.45, 2.75) is 13.0 Å². The maximum atomic E-state index is 12.4. The van der Waals surface area contributed by atoms with Gasteiger partial charge < -0.3 is 14.6 Å². The number of nitrogens with zero attached hydrogens (tertiary/aromatic N) is 2. The fourth-order valence-electron chi connectivity index (χ4n) is 3.14. The van der Waals surface area contributed by atoms with Crippen LogP contribution >= 0.6 is 11.6 Å². The topological polar surface area (TPSA) is 84.7 Å². The highest BCUT2D eigenvalue weighted by Crippen LogP contribution is 2.37. The molecule has 0 aliphatic carbocycles. The van der Waals surface area contributed by atoms with Crippen LogP contribution in [0, 0.1) is 0 Å². The zero-order valence-corrected chi connectivity index (χ0v) is 16.8. The van der Waals surface area contributed by atoms with Crippen LogP contribution in [0.2, 0.25) is 5.15 Å². The standard InChI is InChI=1S/C19H18ClN3O4S/c1-3-26-13-6-7-15-12(9-13)10-14(19(20)21-15)17-11-16(18-5-4-8-27-18)22-23(17)28(2,24)25/h4-11,17,22H,3H2,1-2H3/t17-/m0/s1. The van der Waals surface area contributed by atoms with E-state index in [-0.39, 0.29) is 5.15 Å². The molecule has 1 aliphatic rings. The number of hydrogen-bond acceptors (Lipinski definition) is 6. The highest BCUT2D eigenvalue weighted by Gasteiger charge is 2.35. The summed E-state index contributed by atoms with van der Waals surface area (Å²) < 4.78 is 36.8. The van der Waals surface area contributed by atoms with Crippen LogP contribution in [0.4, 0.5) is 0 Å². The van der Waals surface area contributed by atoms with Crippen molar-refractivity contribution < 1.29 is 17.6 Å². The summed E-state index contributed by atoms with van der Waals surface area (Å²) in [6, 6.07) is 10.1. The fraction of sp³-hybridized carbons (Fsp3) is 0.211. The summed E-state index contributed by atoms with van der Waals surface area (Å²) in [6.07, 6.45) is 4.40. The lowest BCUT2D eigenvalue weighted by atomic mass is 10.1. The number of pyridine rings is 1. The molecule has 1 atom stereocenters. The highest BCUT2D eigenvalue weighted by molar-refractivity contribution is 7.88. The van der Waals surface area contributed by atoms with Crippen LogP contribution in [-0.2, 0) is 10.0 Å². The number of sulfonamides is 1. The zero-order valence-electron chi connectivity index (χ0n) is 15.2. The molecule has 0 spiro atoms. The second kappa shape index (κ2) is 7.12. The van der Waals surface area contributed by atoms with Gasteiger partial charge in [0, 0.05) is 10.9 Å². The summed E-state index contributed by atoms with van der Waals surface area (Å²) >= 11 is 6.43. The Labute approximate surface area is 167 Å². The fourth-order valence-corrected chi connectivity index (χ4v) is 4.25. The third-order valence-corrected chi connectivity index (χ3v) is 5.68. The first kappa shape index (κ1) is 18.8. The molecule has 0 fully saturated rings. The minimum Gasteiger partial charge on any atom is -0.494 e. The maximum absolute atomic E-state index is 12.4. The van der Waals surface area contributed by atoms with E-state index in [2.05, 4.69) is 10.4 Å². The summed E-state index contributed by atoms with van der Waals surface area (Å²) in [5, 5.41) is 1.03. The van der Waals surface area contributed by atoms with Gasteiger partial charge in [0.25, 0.3) is 0 Å². The van der Waals surface area contributed by atoms with Crippen molar-refractivity contribution in [2.75, 3.05) is 12.9 Å². The molecule has 28 heavy (non-hydrogen) atoms. The third-order valence-electron chi connectivity index (χ3n) is 4.35. The molecule has 0 saturated carbocycles. The monoisotopic (exact) mass is 419 g/mol. The van der Waals surface area contributed by atoms with E-state index in [0.29, 0.717) is 34.9 Å². The van der Waals surface area contributed by atoms with E-state index >= 15 is 0 Å². The summed E-state index contributed by atoms with van der Waals surface area (Å²) in [5.74, 6) is 1.24. The number of rotatable bonds is 5. The summed E-state index contributed by atoms with van der Waals surface area (Å²) in [6.45, 7) is 2.45. The molecule has 1 N–H and O–H groups in total. The van der Waals surface area contributed by atoms with Crippen molar-refractivity contribution in [3.05, 3.63) is 65.2 Å². The lowest BCUT2D eigenvalue weighted by Gasteiger charge is -2.23. The van der Waals surface area contributed by atoms with Gasteiger partial charge in [0.2, 0.25) is 10.0 Å². The van der Waals surface area contributed by atoms with Crippen LogP contribution in [0.25, 0.3) is 16.6 Å². The summed E-state index contributed by atoms with van der Waals surface area (Å²) in [7, 11) is -3.59. The van der Waals surface area contributed by atoms with Crippen molar-refractivity contribution in [2.24, 2.45) is 0 Å². The minimum absolute atomic E-state index is 0.231. The Morgan fingerprint density at radius 1 is 1.32 bits per heavy atom. The van der Waals surface area contributed by atoms with E-state index in [1.54, 1.807) is 18.2 Å². The van der Waals surface area contributed by atoms with Crippen molar-refractivity contribution in [3.63, 3.8) is 0 Å². The van der Waals surface area contributed by atoms with Gasteiger partial charge in [-0.15, -0.1) is 4.41 Å². The van der Waals surface area contributed by atoms with Crippen molar-refractivity contribution >= 4 is 38.2 Å². The van der Waals surface area contributed by atoms with Gasteiger partial charge in [-0.2, -0.15) is 0 Å². The van der Waals surface area contributed by atoms with Crippen molar-refractivity contribution in [1.29, 1.82) is 0 Å². The first-order valence-electron chi connectivity index (χ1n) is 8.61. The van der Waals surface area contributed by atoms with Crippen LogP contribution in [0.15, 0.2) is 53.2 Å². The van der Waals surface area contributed by atoms with Gasteiger partial charge in [-0.05, 0) is 49.4 Å². The molecule has 1 aliphatic heterocycles. The number of halogens is 1. The molecule has 4 rings (SSSR count). The molecule has 0 amide bonds. The van der Waals surface area contributed by atoms with Crippen LogP contribution in [0.1, 0.15) is 24.3 Å². The molecule has 3 aromatic rings. The van der Waals surface area contributed by atoms with Crippen molar-refractivity contribution in [3.8, 4) is 5.75 Å². The number of furan rings is 1. The van der Waals surface area contributed by atoms with Crippen LogP contribution in [0.3, 0.4) is 0 Å². The molecule has 2 aromatic heterocycles. The Hall–Kier alpha value is -2.55. The molecule has 146 valence electrons. The molecule has 0 bridgehead atoms. The first-order chi connectivity index (χ1) is 13.4. The van der Waals surface area contributed by atoms with Crippen LogP contribution in [-0.4, -0.2) is 30.7 Å². The van der Waals surface area contributed by atoms with E-state index in [0.717, 1.165) is 16.1 Å². The number of aromatic nitrogens is 1. The Morgan fingerprint density at radius 2 is 2.14 bits per heavy atom. The predicted octanol–water partition coefficient (Wildman–Crippen LogP) is 3.74. The number of ether oxygens (including phenoxy) is 1. The highest BCUT2D eigenvalue weighted by atomic mass is 35.5. The first-order valence-corrected chi connectivity index (χ1v) is 10.8. The number of hydrogen-bond donors (Lipinski definition) is 1. The minimum atomic E-state index is -3.59. The molecule has 9 heteroatoms. The smallest absolute Gasteiger partial charge is 0.228 e. The number of hydrazine groups is 1. The average Bonchev–Trinajstić information content (AvgIpc) is 3.31. The van der Waals surface area contributed by atoms with Crippen LogP contribution in [0.5, 0.6) is 5.75 Å². The Kier molecular flexibility index (Phi) is 4.78. The van der Waals surface area contributed by atoms with Crippen molar-refractivity contribution in [1.82, 2.24) is 14.8 Å². The second-order valence-electron chi connectivity index (χ2n) is 6.33. The van der Waals surface area contributed by atoms with Gasteiger partial charge in [-0.3, -0.25) is 0 Å².